The summed E-state index contributed by atoms with van der Waals surface area (Å²) in [5, 5.41) is 11.9. The van der Waals surface area contributed by atoms with Gasteiger partial charge in [0.15, 0.2) is 0 Å². The van der Waals surface area contributed by atoms with Crippen molar-refractivity contribution in [1.29, 1.82) is 5.26 Å². The largest absolute Gasteiger partial charge is 0.494 e. The van der Waals surface area contributed by atoms with E-state index in [1.165, 1.54) is 0 Å². The highest BCUT2D eigenvalue weighted by molar-refractivity contribution is 5.38. The van der Waals surface area contributed by atoms with Crippen molar-refractivity contribution in [3.8, 4) is 11.8 Å². The second kappa shape index (κ2) is 7.02. The van der Waals surface area contributed by atoms with Crippen molar-refractivity contribution in [2.75, 3.05) is 18.5 Å². The lowest BCUT2D eigenvalue weighted by Gasteiger charge is -2.07. The van der Waals surface area contributed by atoms with Crippen LogP contribution >= 0.6 is 0 Å². The summed E-state index contributed by atoms with van der Waals surface area (Å²) in [5.74, 6) is 1.60. The van der Waals surface area contributed by atoms with Crippen LogP contribution in [-0.4, -0.2) is 18.1 Å². The third kappa shape index (κ3) is 4.32. The zero-order valence-electron chi connectivity index (χ0n) is 10.5. The molecule has 1 heterocycles. The van der Waals surface area contributed by atoms with Crippen LogP contribution in [0.1, 0.15) is 12.1 Å². The predicted octanol–water partition coefficient (Wildman–Crippen LogP) is 2.83. The molecule has 0 amide bonds. The average Bonchev–Trinajstić information content (AvgIpc) is 2.48. The molecule has 1 aromatic carbocycles. The van der Waals surface area contributed by atoms with Gasteiger partial charge in [0, 0.05) is 6.54 Å². The third-order valence-electron chi connectivity index (χ3n) is 2.50. The molecule has 0 atom stereocenters. The second-order valence-electron chi connectivity index (χ2n) is 3.96. The van der Waals surface area contributed by atoms with E-state index in [1.807, 2.05) is 48.5 Å². The van der Waals surface area contributed by atoms with E-state index >= 15 is 0 Å². The summed E-state index contributed by atoms with van der Waals surface area (Å²) < 4.78 is 5.58. The second-order valence-corrected chi connectivity index (χ2v) is 3.96. The third-order valence-corrected chi connectivity index (χ3v) is 2.50. The molecule has 0 unspecified atom stereocenters. The van der Waals surface area contributed by atoms with Gasteiger partial charge in [-0.2, -0.15) is 5.26 Å². The highest BCUT2D eigenvalue weighted by Crippen LogP contribution is 2.08. The summed E-state index contributed by atoms with van der Waals surface area (Å²) in [7, 11) is 0. The van der Waals surface area contributed by atoms with Gasteiger partial charge in [-0.3, -0.25) is 0 Å². The van der Waals surface area contributed by atoms with Gasteiger partial charge in [-0.05, 0) is 30.7 Å². The minimum absolute atomic E-state index is 0.422. The lowest BCUT2D eigenvalue weighted by Crippen LogP contribution is -2.08. The lowest BCUT2D eigenvalue weighted by atomic mass is 10.3. The number of aromatic nitrogens is 1. The zero-order valence-corrected chi connectivity index (χ0v) is 10.5. The Hall–Kier alpha value is -2.54. The van der Waals surface area contributed by atoms with Gasteiger partial charge in [0.1, 0.15) is 23.3 Å². The molecule has 0 aliphatic carbocycles. The number of anilines is 1. The molecule has 0 bridgehead atoms. The molecule has 96 valence electrons. The fourth-order valence-electron chi connectivity index (χ4n) is 1.59. The number of benzene rings is 1. The Morgan fingerprint density at radius 3 is 2.74 bits per heavy atom. The molecule has 0 fully saturated rings. The quantitative estimate of drug-likeness (QED) is 0.804. The summed E-state index contributed by atoms with van der Waals surface area (Å²) >= 11 is 0. The molecule has 0 radical (unpaired) electrons. The van der Waals surface area contributed by atoms with E-state index in [4.69, 9.17) is 10.00 Å². The fraction of sp³-hybridized carbons (Fsp3) is 0.200. The molecule has 4 nitrogen and oxygen atoms in total. The molecular formula is C15H15N3O. The maximum atomic E-state index is 8.74. The van der Waals surface area contributed by atoms with Crippen molar-refractivity contribution in [2.45, 2.75) is 6.42 Å². The Morgan fingerprint density at radius 1 is 1.11 bits per heavy atom. The van der Waals surface area contributed by atoms with Crippen LogP contribution < -0.4 is 10.1 Å². The van der Waals surface area contributed by atoms with Crippen molar-refractivity contribution in [1.82, 2.24) is 4.98 Å². The van der Waals surface area contributed by atoms with E-state index in [-0.39, 0.29) is 0 Å². The molecule has 2 rings (SSSR count). The summed E-state index contributed by atoms with van der Waals surface area (Å²) in [5.41, 5.74) is 0.422. The number of para-hydroxylation sites is 1. The molecule has 0 saturated heterocycles. The first-order valence-electron chi connectivity index (χ1n) is 6.17. The Morgan fingerprint density at radius 2 is 1.95 bits per heavy atom. The molecule has 1 aromatic heterocycles. The zero-order chi connectivity index (χ0) is 13.3. The normalized spacial score (nSPS) is 9.63. The summed E-state index contributed by atoms with van der Waals surface area (Å²) in [6.07, 6.45) is 0.868. The van der Waals surface area contributed by atoms with E-state index < -0.39 is 0 Å². The SMILES string of the molecule is N#Cc1cccc(NCCCOc2ccccc2)n1. The van der Waals surface area contributed by atoms with Crippen LogP contribution in [0.2, 0.25) is 0 Å². The van der Waals surface area contributed by atoms with E-state index in [9.17, 15) is 0 Å². The highest BCUT2D eigenvalue weighted by Gasteiger charge is 1.96. The number of nitrogens with zero attached hydrogens (tertiary/aromatic N) is 2. The number of rotatable bonds is 6. The van der Waals surface area contributed by atoms with Gasteiger partial charge < -0.3 is 10.1 Å². The Bertz CT molecular complexity index is 549. The Kier molecular flexibility index (Phi) is 4.77. The van der Waals surface area contributed by atoms with E-state index in [0.29, 0.717) is 12.3 Å². The molecule has 2 aromatic rings. The Labute approximate surface area is 112 Å². The van der Waals surface area contributed by atoms with Crippen LogP contribution in [0.15, 0.2) is 48.5 Å². The van der Waals surface area contributed by atoms with Crippen molar-refractivity contribution < 1.29 is 4.74 Å². The minimum atomic E-state index is 0.422. The summed E-state index contributed by atoms with van der Waals surface area (Å²) in [6, 6.07) is 17.1. The lowest BCUT2D eigenvalue weighted by molar-refractivity contribution is 0.315. The number of pyridine rings is 1. The maximum absolute atomic E-state index is 8.74. The molecule has 19 heavy (non-hydrogen) atoms. The van der Waals surface area contributed by atoms with Crippen LogP contribution in [0.3, 0.4) is 0 Å². The monoisotopic (exact) mass is 253 g/mol. The molecule has 0 saturated carbocycles. The van der Waals surface area contributed by atoms with Gasteiger partial charge in [-0.15, -0.1) is 0 Å². The fourth-order valence-corrected chi connectivity index (χ4v) is 1.59. The average molecular weight is 253 g/mol. The van der Waals surface area contributed by atoms with Gasteiger partial charge in [0.05, 0.1) is 6.61 Å². The first-order chi connectivity index (χ1) is 9.38. The molecular weight excluding hydrogens is 238 g/mol. The number of hydrogen-bond donors (Lipinski definition) is 1. The molecule has 0 aliphatic heterocycles. The van der Waals surface area contributed by atoms with Crippen molar-refractivity contribution in [3.05, 3.63) is 54.2 Å². The molecule has 4 heteroatoms. The van der Waals surface area contributed by atoms with Gasteiger partial charge in [0.25, 0.3) is 0 Å². The first-order valence-corrected chi connectivity index (χ1v) is 6.17. The number of ether oxygens (including phenoxy) is 1. The smallest absolute Gasteiger partial charge is 0.142 e. The highest BCUT2D eigenvalue weighted by atomic mass is 16.5. The van der Waals surface area contributed by atoms with Crippen molar-refractivity contribution in [3.63, 3.8) is 0 Å². The van der Waals surface area contributed by atoms with Crippen LogP contribution in [0.5, 0.6) is 5.75 Å². The van der Waals surface area contributed by atoms with Gasteiger partial charge in [0.2, 0.25) is 0 Å². The minimum Gasteiger partial charge on any atom is -0.494 e. The molecule has 0 aliphatic rings. The standard InChI is InChI=1S/C15H15N3O/c16-12-13-6-4-9-15(18-13)17-10-5-11-19-14-7-2-1-3-8-14/h1-4,6-9H,5,10-11H2,(H,17,18). The molecule has 1 N–H and O–H groups in total. The Balaban J connectivity index is 1.68. The van der Waals surface area contributed by atoms with Crippen molar-refractivity contribution >= 4 is 5.82 Å². The number of nitriles is 1. The van der Waals surface area contributed by atoms with Gasteiger partial charge in [-0.1, -0.05) is 24.3 Å². The number of nitrogens with one attached hydrogen (secondary N) is 1. The summed E-state index contributed by atoms with van der Waals surface area (Å²) in [4.78, 5) is 4.13. The van der Waals surface area contributed by atoms with Crippen LogP contribution in [0.25, 0.3) is 0 Å². The van der Waals surface area contributed by atoms with E-state index in [2.05, 4.69) is 10.3 Å². The number of hydrogen-bond acceptors (Lipinski definition) is 4. The van der Waals surface area contributed by atoms with Crippen LogP contribution in [0.4, 0.5) is 5.82 Å². The van der Waals surface area contributed by atoms with E-state index in [1.54, 1.807) is 6.07 Å². The maximum Gasteiger partial charge on any atom is 0.142 e. The first kappa shape index (κ1) is 12.9. The van der Waals surface area contributed by atoms with Crippen LogP contribution in [0, 0.1) is 11.3 Å². The summed E-state index contributed by atoms with van der Waals surface area (Å²) in [6.45, 7) is 1.41. The van der Waals surface area contributed by atoms with Gasteiger partial charge in [-0.25, -0.2) is 4.98 Å². The predicted molar refractivity (Wildman–Crippen MR) is 74.0 cm³/mol. The topological polar surface area (TPSA) is 57.9 Å². The van der Waals surface area contributed by atoms with Gasteiger partial charge >= 0.3 is 0 Å². The van der Waals surface area contributed by atoms with E-state index in [0.717, 1.165) is 24.5 Å². The molecule has 0 spiro atoms. The van der Waals surface area contributed by atoms with Crippen molar-refractivity contribution in [2.24, 2.45) is 0 Å². The van der Waals surface area contributed by atoms with Crippen LogP contribution in [-0.2, 0) is 0 Å².